The molecular weight excluding hydrogens is 458 g/mol. The molecule has 0 bridgehead atoms. The monoisotopic (exact) mass is 483 g/mol. The molecule has 6 aromatic carbocycles. The Labute approximate surface area is 222 Å². The third-order valence-corrected chi connectivity index (χ3v) is 7.28. The maximum Gasteiger partial charge on any atom is 0.0721 e. The van der Waals surface area contributed by atoms with Crippen LogP contribution in [0.2, 0.25) is 0 Å². The molecule has 38 heavy (non-hydrogen) atoms. The van der Waals surface area contributed by atoms with Crippen LogP contribution in [0.4, 0.5) is 0 Å². The highest BCUT2D eigenvalue weighted by Gasteiger charge is 2.13. The highest BCUT2D eigenvalue weighted by atomic mass is 14.7. The maximum atomic E-state index is 5.26. The molecule has 178 valence electrons. The first-order valence-corrected chi connectivity index (χ1v) is 13.0. The van der Waals surface area contributed by atoms with Gasteiger partial charge in [0.1, 0.15) is 0 Å². The van der Waals surface area contributed by atoms with Gasteiger partial charge in [-0.3, -0.25) is 0 Å². The number of rotatable bonds is 4. The van der Waals surface area contributed by atoms with Gasteiger partial charge >= 0.3 is 0 Å². The van der Waals surface area contributed by atoms with Gasteiger partial charge < -0.3 is 0 Å². The van der Waals surface area contributed by atoms with E-state index in [1.165, 1.54) is 38.2 Å². The van der Waals surface area contributed by atoms with Crippen molar-refractivity contribution in [1.29, 1.82) is 0 Å². The molecule has 0 spiro atoms. The summed E-state index contributed by atoms with van der Waals surface area (Å²) in [7, 11) is 0. The van der Waals surface area contributed by atoms with E-state index in [0.29, 0.717) is 0 Å². The number of fused-ring (bicyclic) bond motifs is 2. The lowest BCUT2D eigenvalue weighted by atomic mass is 9.95. The zero-order valence-corrected chi connectivity index (χ0v) is 20.9. The zero-order valence-electron chi connectivity index (χ0n) is 20.9. The molecular formula is C37H25N. The minimum Gasteiger partial charge on any atom is -0.248 e. The van der Waals surface area contributed by atoms with Gasteiger partial charge in [-0.15, -0.1) is 0 Å². The lowest BCUT2D eigenvalue weighted by molar-refractivity contribution is 1.33. The average Bonchev–Trinajstić information content (AvgIpc) is 3.01. The van der Waals surface area contributed by atoms with Gasteiger partial charge in [0, 0.05) is 11.1 Å². The van der Waals surface area contributed by atoms with Crippen LogP contribution >= 0.6 is 0 Å². The first-order valence-electron chi connectivity index (χ1n) is 13.0. The second-order valence-corrected chi connectivity index (χ2v) is 9.62. The summed E-state index contributed by atoms with van der Waals surface area (Å²) in [4.78, 5) is 5.26. The second kappa shape index (κ2) is 9.46. The fourth-order valence-electron chi connectivity index (χ4n) is 5.36. The number of pyridine rings is 1. The third kappa shape index (κ3) is 4.05. The fourth-order valence-corrected chi connectivity index (χ4v) is 5.36. The van der Waals surface area contributed by atoms with E-state index < -0.39 is 0 Å². The Morgan fingerprint density at radius 3 is 1.29 bits per heavy atom. The van der Waals surface area contributed by atoms with Crippen molar-refractivity contribution in [1.82, 2.24) is 4.98 Å². The topological polar surface area (TPSA) is 12.9 Å². The molecule has 0 atom stereocenters. The minimum absolute atomic E-state index is 0.981. The van der Waals surface area contributed by atoms with E-state index >= 15 is 0 Å². The predicted octanol–water partition coefficient (Wildman–Crippen LogP) is 10.1. The zero-order chi connectivity index (χ0) is 25.3. The Hall–Kier alpha value is -5.01. The second-order valence-electron chi connectivity index (χ2n) is 9.62. The molecule has 0 radical (unpaired) electrons. The number of benzene rings is 6. The lowest BCUT2D eigenvalue weighted by Gasteiger charge is -2.14. The quantitative estimate of drug-likeness (QED) is 0.243. The maximum absolute atomic E-state index is 5.26. The van der Waals surface area contributed by atoms with Crippen LogP contribution in [0.5, 0.6) is 0 Å². The fraction of sp³-hybridized carbons (Fsp3) is 0. The molecule has 0 fully saturated rings. The summed E-state index contributed by atoms with van der Waals surface area (Å²) < 4.78 is 0. The Balaban J connectivity index is 1.44. The Morgan fingerprint density at radius 2 is 0.737 bits per heavy atom. The summed E-state index contributed by atoms with van der Waals surface area (Å²) in [5.41, 5.74) is 9.03. The number of hydrogen-bond donors (Lipinski definition) is 0. The molecule has 0 aliphatic heterocycles. The molecule has 7 aromatic rings. The van der Waals surface area contributed by atoms with Crippen LogP contribution in [-0.4, -0.2) is 4.98 Å². The molecule has 1 heterocycles. The van der Waals surface area contributed by atoms with E-state index in [-0.39, 0.29) is 0 Å². The van der Waals surface area contributed by atoms with Crippen molar-refractivity contribution >= 4 is 21.5 Å². The highest BCUT2D eigenvalue weighted by Crippen LogP contribution is 2.36. The number of hydrogen-bond acceptors (Lipinski definition) is 1. The first kappa shape index (κ1) is 22.2. The molecule has 0 N–H and O–H groups in total. The summed E-state index contributed by atoms with van der Waals surface area (Å²) in [6.45, 7) is 0. The summed E-state index contributed by atoms with van der Waals surface area (Å²) >= 11 is 0. The SMILES string of the molecule is c1ccc(-c2ccc(-c3cc(-c4cccc5ccccc45)nc(-c4cccc5ccccc45)c3)cc2)cc1. The van der Waals surface area contributed by atoms with Crippen molar-refractivity contribution in [3.8, 4) is 44.8 Å². The van der Waals surface area contributed by atoms with E-state index in [1.54, 1.807) is 0 Å². The van der Waals surface area contributed by atoms with Crippen molar-refractivity contribution in [3.63, 3.8) is 0 Å². The Bertz CT molecular complexity index is 1790. The highest BCUT2D eigenvalue weighted by molar-refractivity contribution is 5.99. The molecule has 1 heteroatoms. The minimum atomic E-state index is 0.981. The van der Waals surface area contributed by atoms with Crippen molar-refractivity contribution in [2.24, 2.45) is 0 Å². The van der Waals surface area contributed by atoms with Crippen LogP contribution in [0.1, 0.15) is 0 Å². The standard InChI is InChI=1S/C37H25N/c1-2-10-26(11-3-1)27-20-22-28(23-21-27)31-24-36(34-18-8-14-29-12-4-6-16-32(29)34)38-37(25-31)35-19-9-15-30-13-5-7-17-33(30)35/h1-25H. The van der Waals surface area contributed by atoms with E-state index in [0.717, 1.165) is 28.1 Å². The van der Waals surface area contributed by atoms with Gasteiger partial charge in [-0.05, 0) is 55.9 Å². The first-order chi connectivity index (χ1) is 18.8. The lowest BCUT2D eigenvalue weighted by Crippen LogP contribution is -1.93. The van der Waals surface area contributed by atoms with Gasteiger partial charge in [-0.2, -0.15) is 0 Å². The predicted molar refractivity (Wildman–Crippen MR) is 161 cm³/mol. The van der Waals surface area contributed by atoms with E-state index in [1.807, 2.05) is 0 Å². The normalized spacial score (nSPS) is 11.2. The van der Waals surface area contributed by atoms with Gasteiger partial charge in [0.2, 0.25) is 0 Å². The molecule has 0 saturated carbocycles. The molecule has 0 aliphatic rings. The van der Waals surface area contributed by atoms with Crippen LogP contribution in [0.3, 0.4) is 0 Å². The van der Waals surface area contributed by atoms with Gasteiger partial charge in [0.25, 0.3) is 0 Å². The molecule has 7 rings (SSSR count). The van der Waals surface area contributed by atoms with Crippen LogP contribution < -0.4 is 0 Å². The van der Waals surface area contributed by atoms with Crippen molar-refractivity contribution in [3.05, 3.63) is 152 Å². The summed E-state index contributed by atoms with van der Waals surface area (Å²) in [5, 5.41) is 4.86. The van der Waals surface area contributed by atoms with Gasteiger partial charge in [-0.1, -0.05) is 140 Å². The number of nitrogens with zero attached hydrogens (tertiary/aromatic N) is 1. The van der Waals surface area contributed by atoms with Gasteiger partial charge in [0.15, 0.2) is 0 Å². The molecule has 0 unspecified atom stereocenters. The van der Waals surface area contributed by atoms with Crippen LogP contribution in [0.15, 0.2) is 152 Å². The third-order valence-electron chi connectivity index (χ3n) is 7.28. The Kier molecular flexibility index (Phi) is 5.53. The molecule has 1 nitrogen and oxygen atoms in total. The van der Waals surface area contributed by atoms with E-state index in [2.05, 4.69) is 152 Å². The van der Waals surface area contributed by atoms with E-state index in [9.17, 15) is 0 Å². The molecule has 0 aliphatic carbocycles. The van der Waals surface area contributed by atoms with Crippen LogP contribution in [0.25, 0.3) is 66.3 Å². The van der Waals surface area contributed by atoms with Crippen molar-refractivity contribution in [2.75, 3.05) is 0 Å². The van der Waals surface area contributed by atoms with E-state index in [4.69, 9.17) is 4.98 Å². The van der Waals surface area contributed by atoms with Gasteiger partial charge in [-0.25, -0.2) is 4.98 Å². The summed E-state index contributed by atoms with van der Waals surface area (Å²) in [5.74, 6) is 0. The molecule has 1 aromatic heterocycles. The van der Waals surface area contributed by atoms with Crippen molar-refractivity contribution in [2.45, 2.75) is 0 Å². The van der Waals surface area contributed by atoms with Crippen molar-refractivity contribution < 1.29 is 0 Å². The largest absolute Gasteiger partial charge is 0.248 e. The van der Waals surface area contributed by atoms with Crippen LogP contribution in [0, 0.1) is 0 Å². The van der Waals surface area contributed by atoms with Crippen LogP contribution in [-0.2, 0) is 0 Å². The molecule has 0 saturated heterocycles. The summed E-state index contributed by atoms with van der Waals surface area (Å²) in [6.07, 6.45) is 0. The number of aromatic nitrogens is 1. The smallest absolute Gasteiger partial charge is 0.0721 e. The molecule has 0 amide bonds. The Morgan fingerprint density at radius 1 is 0.316 bits per heavy atom. The van der Waals surface area contributed by atoms with Gasteiger partial charge in [0.05, 0.1) is 11.4 Å². The summed E-state index contributed by atoms with van der Waals surface area (Å²) in [6, 6.07) is 53.9. The average molecular weight is 484 g/mol.